The molecule has 0 radical (unpaired) electrons. The van der Waals surface area contributed by atoms with Crippen LogP contribution in [0.1, 0.15) is 60.3 Å². The van der Waals surface area contributed by atoms with Crippen molar-refractivity contribution in [3.8, 4) is 22.4 Å². The number of rotatable bonds is 8. The molecule has 0 atom stereocenters. The minimum absolute atomic E-state index is 0.00441. The Bertz CT molecular complexity index is 2190. The lowest BCUT2D eigenvalue weighted by Gasteiger charge is -2.38. The van der Waals surface area contributed by atoms with E-state index < -0.39 is 36.1 Å². The molecule has 4 amide bonds. The van der Waals surface area contributed by atoms with Crippen LogP contribution in [0.15, 0.2) is 42.7 Å². The van der Waals surface area contributed by atoms with Crippen molar-refractivity contribution < 1.29 is 41.5 Å². The third kappa shape index (κ3) is 8.92. The van der Waals surface area contributed by atoms with Crippen molar-refractivity contribution in [2.75, 3.05) is 44.6 Å². The highest BCUT2D eigenvalue weighted by atomic mass is 35.5. The number of alkyl halides is 2. The molecule has 4 aromatic rings. The van der Waals surface area contributed by atoms with Gasteiger partial charge < -0.3 is 29.3 Å². The van der Waals surface area contributed by atoms with E-state index in [0.717, 1.165) is 4.68 Å². The van der Waals surface area contributed by atoms with Gasteiger partial charge in [-0.3, -0.25) is 19.1 Å². The third-order valence-corrected chi connectivity index (χ3v) is 10.4. The minimum atomic E-state index is -2.67. The predicted octanol–water partition coefficient (Wildman–Crippen LogP) is 6.64. The summed E-state index contributed by atoms with van der Waals surface area (Å²) in [7, 11) is 1.46. The molecule has 2 aromatic heterocycles. The molecular weight excluding hydrogens is 772 g/mol. The largest absolute Gasteiger partial charge is 0.444 e. The number of benzene rings is 2. The molecule has 0 unspecified atom stereocenters. The number of aromatic nitrogens is 4. The maximum Gasteiger partial charge on any atom is 0.410 e. The summed E-state index contributed by atoms with van der Waals surface area (Å²) in [4.78, 5) is 61.5. The Morgan fingerprint density at radius 1 is 0.895 bits per heavy atom. The molecule has 2 aliphatic heterocycles. The Hall–Kier alpha value is -5.45. The lowest BCUT2D eigenvalue weighted by atomic mass is 9.95. The second kappa shape index (κ2) is 16.6. The second-order valence-corrected chi connectivity index (χ2v) is 15.4. The zero-order chi connectivity index (χ0) is 41.3. The van der Waals surface area contributed by atoms with Gasteiger partial charge in [0.25, 0.3) is 18.2 Å². The number of carbonyl (C=O) groups excluding carboxylic acids is 4. The van der Waals surface area contributed by atoms with E-state index in [4.69, 9.17) is 16.3 Å². The van der Waals surface area contributed by atoms with Gasteiger partial charge in [-0.15, -0.1) is 0 Å². The molecule has 0 bridgehead atoms. The zero-order valence-corrected chi connectivity index (χ0v) is 32.9. The lowest BCUT2D eigenvalue weighted by Crippen LogP contribution is -2.53. The molecule has 2 fully saturated rings. The minimum Gasteiger partial charge on any atom is -0.444 e. The first-order valence-corrected chi connectivity index (χ1v) is 18.8. The monoisotopic (exact) mass is 814 g/mol. The lowest BCUT2D eigenvalue weighted by molar-refractivity contribution is -0.138. The van der Waals surface area contributed by atoms with Crippen LogP contribution >= 0.6 is 11.6 Å². The van der Waals surface area contributed by atoms with Gasteiger partial charge in [-0.25, -0.2) is 27.3 Å². The van der Waals surface area contributed by atoms with Crippen LogP contribution in [0.5, 0.6) is 0 Å². The zero-order valence-electron chi connectivity index (χ0n) is 32.1. The fourth-order valence-electron chi connectivity index (χ4n) is 7.00. The third-order valence-electron chi connectivity index (χ3n) is 10.1. The van der Waals surface area contributed by atoms with E-state index in [1.165, 1.54) is 61.3 Å². The number of halogens is 5. The van der Waals surface area contributed by atoms with Gasteiger partial charge in [0.05, 0.1) is 28.7 Å². The van der Waals surface area contributed by atoms with E-state index >= 15 is 8.78 Å². The van der Waals surface area contributed by atoms with Gasteiger partial charge in [-0.2, -0.15) is 5.10 Å². The van der Waals surface area contributed by atoms with Crippen LogP contribution in [0, 0.1) is 24.5 Å². The average Bonchev–Trinajstić information content (AvgIpc) is 3.72. The number of likely N-dealkylation sites (tertiary alicyclic amines) is 1. The standard InChI is InChI=1S/C39H43ClF4N8O5/c1-22-28(19-46-52(22)21-31(41)42)25-8-9-27(33(44)32(25)43)30-20-45-34(48(30)5)35(53)47-24-6-7-26(29(40)18-24)37(55)50-16-14-49(15-17-50)36(54)23-10-12-51(13-11-23)38(56)57-39(2,3)4/h6-9,18-20,23,31H,10-17,21H2,1-5H3,(H,47,53). The molecule has 18 heteroatoms. The van der Waals surface area contributed by atoms with Crippen LogP contribution in [0.3, 0.4) is 0 Å². The smallest absolute Gasteiger partial charge is 0.410 e. The highest BCUT2D eigenvalue weighted by Crippen LogP contribution is 2.34. The molecule has 2 aromatic carbocycles. The molecule has 1 N–H and O–H groups in total. The summed E-state index contributed by atoms with van der Waals surface area (Å²) >= 11 is 6.52. The van der Waals surface area contributed by atoms with Gasteiger partial charge in [-0.1, -0.05) is 17.7 Å². The molecule has 2 aliphatic rings. The van der Waals surface area contributed by atoms with E-state index in [2.05, 4.69) is 15.4 Å². The second-order valence-electron chi connectivity index (χ2n) is 15.0. The van der Waals surface area contributed by atoms with Gasteiger partial charge in [-0.05, 0) is 64.8 Å². The molecular formula is C39H43ClF4N8O5. The van der Waals surface area contributed by atoms with Crippen molar-refractivity contribution in [1.82, 2.24) is 34.0 Å². The van der Waals surface area contributed by atoms with Gasteiger partial charge in [0, 0.05) is 80.3 Å². The maximum atomic E-state index is 15.5. The van der Waals surface area contributed by atoms with Crippen LogP contribution in [-0.2, 0) is 23.1 Å². The van der Waals surface area contributed by atoms with Crippen LogP contribution < -0.4 is 5.32 Å². The number of carbonyl (C=O) groups is 4. The van der Waals surface area contributed by atoms with E-state index in [-0.39, 0.29) is 74.0 Å². The Morgan fingerprint density at radius 2 is 1.53 bits per heavy atom. The Labute approximate surface area is 331 Å². The predicted molar refractivity (Wildman–Crippen MR) is 203 cm³/mol. The van der Waals surface area contributed by atoms with Crippen molar-refractivity contribution in [1.29, 1.82) is 0 Å². The van der Waals surface area contributed by atoms with Crippen LogP contribution in [0.2, 0.25) is 5.02 Å². The van der Waals surface area contributed by atoms with Gasteiger partial charge in [0.15, 0.2) is 17.5 Å². The van der Waals surface area contributed by atoms with Crippen LogP contribution in [0.4, 0.5) is 28.0 Å². The normalized spacial score (nSPS) is 15.3. The number of imidazole rings is 1. The number of nitrogens with zero attached hydrogens (tertiary/aromatic N) is 7. The van der Waals surface area contributed by atoms with Gasteiger partial charge in [0.1, 0.15) is 12.1 Å². The number of piperidine rings is 1. The van der Waals surface area contributed by atoms with Gasteiger partial charge >= 0.3 is 6.09 Å². The molecule has 6 rings (SSSR count). The first kappa shape index (κ1) is 41.2. The van der Waals surface area contributed by atoms with E-state index in [0.29, 0.717) is 52.1 Å². The summed E-state index contributed by atoms with van der Waals surface area (Å²) < 4.78 is 64.4. The van der Waals surface area contributed by atoms with Crippen molar-refractivity contribution in [3.05, 3.63) is 76.5 Å². The van der Waals surface area contributed by atoms with Crippen LogP contribution in [-0.4, -0.2) is 109 Å². The van der Waals surface area contributed by atoms with Crippen molar-refractivity contribution in [2.45, 2.75) is 59.1 Å². The number of anilines is 1. The Kier molecular flexibility index (Phi) is 12.0. The fourth-order valence-corrected chi connectivity index (χ4v) is 7.26. The summed E-state index contributed by atoms with van der Waals surface area (Å²) in [6, 6.07) is 7.02. The highest BCUT2D eigenvalue weighted by Gasteiger charge is 2.34. The molecule has 2 saturated heterocycles. The molecule has 304 valence electrons. The SMILES string of the molecule is Cc1c(-c2ccc(-c3cnc(C(=O)Nc4ccc(C(=O)N5CCN(C(=O)C6CCN(C(=O)OC(C)(C)C)CC6)CC5)c(Cl)c4)n3C)c(F)c2F)cnn1CC(F)F. The summed E-state index contributed by atoms with van der Waals surface area (Å²) in [5.41, 5.74) is 0.0323. The van der Waals surface area contributed by atoms with Crippen molar-refractivity contribution in [2.24, 2.45) is 13.0 Å². The van der Waals surface area contributed by atoms with Crippen molar-refractivity contribution in [3.63, 3.8) is 0 Å². The maximum absolute atomic E-state index is 15.5. The van der Waals surface area contributed by atoms with Crippen molar-refractivity contribution >= 4 is 41.1 Å². The Balaban J connectivity index is 1.04. The highest BCUT2D eigenvalue weighted by molar-refractivity contribution is 6.34. The topological polar surface area (TPSA) is 135 Å². The number of ether oxygens (including phenoxy) is 1. The molecule has 13 nitrogen and oxygen atoms in total. The molecule has 4 heterocycles. The van der Waals surface area contributed by atoms with E-state index in [1.54, 1.807) is 14.7 Å². The molecule has 0 spiro atoms. The number of nitrogens with one attached hydrogen (secondary N) is 1. The number of piperazine rings is 1. The Morgan fingerprint density at radius 3 is 2.16 bits per heavy atom. The molecule has 0 saturated carbocycles. The molecule has 0 aliphatic carbocycles. The van der Waals surface area contributed by atoms with E-state index in [1.807, 2.05) is 20.8 Å². The quantitative estimate of drug-likeness (QED) is 0.197. The summed E-state index contributed by atoms with van der Waals surface area (Å²) in [6.07, 6.45) is 0.428. The number of hydrogen-bond donors (Lipinski definition) is 1. The first-order valence-electron chi connectivity index (χ1n) is 18.4. The summed E-state index contributed by atoms with van der Waals surface area (Å²) in [5, 5.41) is 6.61. The molecule has 57 heavy (non-hydrogen) atoms. The van der Waals surface area contributed by atoms with Crippen LogP contribution in [0.25, 0.3) is 22.4 Å². The average molecular weight is 815 g/mol. The van der Waals surface area contributed by atoms with Gasteiger partial charge in [0.2, 0.25) is 5.91 Å². The number of amides is 4. The first-order chi connectivity index (χ1) is 26.9. The fraction of sp³-hybridized carbons (Fsp3) is 0.436. The summed E-state index contributed by atoms with van der Waals surface area (Å²) in [5.74, 6) is -3.79. The number of hydrogen-bond acceptors (Lipinski definition) is 7. The van der Waals surface area contributed by atoms with E-state index in [9.17, 15) is 28.0 Å². The summed E-state index contributed by atoms with van der Waals surface area (Å²) in [6.45, 7) is 8.39.